The molecule has 260 valence electrons. The Morgan fingerprint density at radius 2 is 0.705 bits per heavy atom. The average Bonchev–Trinajstić information content (AvgIpc) is 3.42. The van der Waals surface area contributed by atoms with E-state index in [1.54, 1.807) is 5.82 Å². The predicted octanol–water partition coefficient (Wildman–Crippen LogP) is 14.3. The molecule has 0 saturated heterocycles. The molecule has 0 atom stereocenters. The van der Waals surface area contributed by atoms with Gasteiger partial charge in [-0.05, 0) is 32.1 Å². The van der Waals surface area contributed by atoms with E-state index in [1.165, 1.54) is 231 Å². The summed E-state index contributed by atoms with van der Waals surface area (Å²) >= 11 is 0. The van der Waals surface area contributed by atoms with Crippen molar-refractivity contribution in [2.45, 2.75) is 252 Å². The van der Waals surface area contributed by atoms with Gasteiger partial charge in [-0.2, -0.15) is 0 Å². The summed E-state index contributed by atoms with van der Waals surface area (Å²) in [5.74, 6) is 1.62. The van der Waals surface area contributed by atoms with E-state index in [0.717, 1.165) is 0 Å². The number of imidazole rings is 1. The predicted molar refractivity (Wildman–Crippen MR) is 198 cm³/mol. The number of rotatable bonds is 36. The third-order valence-corrected chi connectivity index (χ3v) is 10.1. The number of hydrogen-bond donors (Lipinski definition) is 0. The third kappa shape index (κ3) is 25.4. The Kier molecular flexibility index (Phi) is 31.5. The molecule has 1 rings (SSSR count). The first kappa shape index (κ1) is 41.2. The van der Waals surface area contributed by atoms with Gasteiger partial charge in [-0.15, -0.1) is 0 Å². The van der Waals surface area contributed by atoms with Gasteiger partial charge >= 0.3 is 0 Å². The van der Waals surface area contributed by atoms with Crippen LogP contribution in [0, 0.1) is 0 Å². The summed E-state index contributed by atoms with van der Waals surface area (Å²) in [6, 6.07) is 0. The lowest BCUT2D eigenvalue weighted by Gasteiger charge is -2.07. The molecule has 1 heterocycles. The van der Waals surface area contributed by atoms with Crippen molar-refractivity contribution in [1.82, 2.24) is 4.57 Å². The molecule has 1 aromatic heterocycles. The van der Waals surface area contributed by atoms with Crippen molar-refractivity contribution in [1.29, 1.82) is 0 Å². The Hall–Kier alpha value is -0.790. The molecular formula is C42H83N2+. The summed E-state index contributed by atoms with van der Waals surface area (Å²) in [6.07, 6.45) is 53.4. The molecule has 0 aliphatic carbocycles. The molecule has 0 spiro atoms. The Labute approximate surface area is 279 Å². The number of nitrogens with zero attached hydrogens (tertiary/aromatic N) is 2. The molecule has 0 amide bonds. The van der Waals surface area contributed by atoms with Crippen molar-refractivity contribution in [2.75, 3.05) is 0 Å². The van der Waals surface area contributed by atoms with Crippen LogP contribution >= 0.6 is 0 Å². The summed E-state index contributed by atoms with van der Waals surface area (Å²) in [5.41, 5.74) is 0. The molecule has 2 heteroatoms. The molecule has 0 radical (unpaired) electrons. The highest BCUT2D eigenvalue weighted by Crippen LogP contribution is 2.16. The maximum Gasteiger partial charge on any atom is 0.256 e. The minimum Gasteiger partial charge on any atom is -0.234 e. The SMILES string of the molecule is CCCCCCCCCCCCCCCCc1n(CCCCCCCCCCCCCC)cc[n+]1CCCCCCCCC. The van der Waals surface area contributed by atoms with E-state index in [9.17, 15) is 0 Å². The van der Waals surface area contributed by atoms with Gasteiger partial charge < -0.3 is 0 Å². The lowest BCUT2D eigenvalue weighted by molar-refractivity contribution is -0.704. The molecule has 44 heavy (non-hydrogen) atoms. The Morgan fingerprint density at radius 3 is 1.09 bits per heavy atom. The van der Waals surface area contributed by atoms with Crippen molar-refractivity contribution < 1.29 is 4.57 Å². The van der Waals surface area contributed by atoms with Crippen LogP contribution in [0.15, 0.2) is 12.4 Å². The Bertz CT molecular complexity index is 677. The van der Waals surface area contributed by atoms with Crippen molar-refractivity contribution in [3.05, 3.63) is 18.2 Å². The topological polar surface area (TPSA) is 8.81 Å². The number of aryl methyl sites for hydroxylation is 2. The lowest BCUT2D eigenvalue weighted by Crippen LogP contribution is -2.37. The monoisotopic (exact) mass is 616 g/mol. The second kappa shape index (κ2) is 33.6. The standard InChI is InChI=1S/C42H83N2/c1-4-7-10-13-16-18-20-22-23-24-26-28-31-34-37-42-43(38-35-32-29-15-12-9-6-3)40-41-44(42)39-36-33-30-27-25-21-19-17-14-11-8-5-2/h40-41H,4-39H2,1-3H3/q+1. The average molecular weight is 616 g/mol. The van der Waals surface area contributed by atoms with Crippen molar-refractivity contribution >= 4 is 0 Å². The fourth-order valence-corrected chi connectivity index (χ4v) is 7.03. The zero-order valence-corrected chi connectivity index (χ0v) is 31.0. The van der Waals surface area contributed by atoms with E-state index >= 15 is 0 Å². The maximum atomic E-state index is 2.64. The van der Waals surface area contributed by atoms with Gasteiger partial charge in [0.2, 0.25) is 0 Å². The van der Waals surface area contributed by atoms with Gasteiger partial charge in [0.1, 0.15) is 12.4 Å². The van der Waals surface area contributed by atoms with Crippen molar-refractivity contribution in [2.24, 2.45) is 0 Å². The van der Waals surface area contributed by atoms with Crippen LogP contribution in [0.5, 0.6) is 0 Å². The van der Waals surface area contributed by atoms with Gasteiger partial charge in [-0.1, -0.05) is 201 Å². The molecule has 0 unspecified atom stereocenters. The smallest absolute Gasteiger partial charge is 0.234 e. The normalized spacial score (nSPS) is 11.6. The highest BCUT2D eigenvalue weighted by Gasteiger charge is 2.16. The Balaban J connectivity index is 2.25. The van der Waals surface area contributed by atoms with E-state index in [2.05, 4.69) is 42.3 Å². The van der Waals surface area contributed by atoms with Gasteiger partial charge in [0, 0.05) is 6.42 Å². The fraction of sp³-hybridized carbons (Fsp3) is 0.929. The van der Waals surface area contributed by atoms with E-state index in [-0.39, 0.29) is 0 Å². The zero-order chi connectivity index (χ0) is 31.6. The molecule has 0 fully saturated rings. The van der Waals surface area contributed by atoms with E-state index in [1.807, 2.05) is 0 Å². The summed E-state index contributed by atoms with van der Waals surface area (Å²) in [4.78, 5) is 0. The zero-order valence-electron chi connectivity index (χ0n) is 31.0. The molecule has 0 aliphatic heterocycles. The van der Waals surface area contributed by atoms with E-state index < -0.39 is 0 Å². The summed E-state index contributed by atoms with van der Waals surface area (Å²) in [6.45, 7) is 9.40. The van der Waals surface area contributed by atoms with Crippen LogP contribution in [0.2, 0.25) is 0 Å². The van der Waals surface area contributed by atoms with Crippen LogP contribution in [0.25, 0.3) is 0 Å². The molecule has 0 aliphatic rings. The van der Waals surface area contributed by atoms with Gasteiger partial charge in [-0.25, -0.2) is 9.13 Å². The van der Waals surface area contributed by atoms with E-state index in [0.29, 0.717) is 0 Å². The van der Waals surface area contributed by atoms with Crippen LogP contribution in [0.3, 0.4) is 0 Å². The largest absolute Gasteiger partial charge is 0.256 e. The molecule has 0 N–H and O–H groups in total. The number of unbranched alkanes of at least 4 members (excludes halogenated alkanes) is 30. The molecule has 0 saturated carbocycles. The third-order valence-electron chi connectivity index (χ3n) is 10.1. The van der Waals surface area contributed by atoms with E-state index in [4.69, 9.17) is 0 Å². The highest BCUT2D eigenvalue weighted by molar-refractivity contribution is 4.84. The summed E-state index contributed by atoms with van der Waals surface area (Å²) < 4.78 is 5.27. The summed E-state index contributed by atoms with van der Waals surface area (Å²) in [7, 11) is 0. The van der Waals surface area contributed by atoms with Crippen molar-refractivity contribution in [3.8, 4) is 0 Å². The van der Waals surface area contributed by atoms with Crippen LogP contribution in [0.4, 0.5) is 0 Å². The van der Waals surface area contributed by atoms with Gasteiger partial charge in [0.15, 0.2) is 0 Å². The van der Waals surface area contributed by atoms with Crippen LogP contribution in [-0.4, -0.2) is 4.57 Å². The highest BCUT2D eigenvalue weighted by atomic mass is 15.1. The first-order chi connectivity index (χ1) is 21.8. The first-order valence-corrected chi connectivity index (χ1v) is 20.9. The molecule has 1 aromatic rings. The fourth-order valence-electron chi connectivity index (χ4n) is 7.03. The molecule has 2 nitrogen and oxygen atoms in total. The van der Waals surface area contributed by atoms with Crippen LogP contribution in [0.1, 0.15) is 238 Å². The van der Waals surface area contributed by atoms with Crippen LogP contribution in [-0.2, 0) is 19.5 Å². The quantitative estimate of drug-likeness (QED) is 0.0524. The van der Waals surface area contributed by atoms with Gasteiger partial charge in [0.25, 0.3) is 5.82 Å². The summed E-state index contributed by atoms with van der Waals surface area (Å²) in [5, 5.41) is 0. The first-order valence-electron chi connectivity index (χ1n) is 20.9. The molecule has 0 bridgehead atoms. The molecule has 0 aromatic carbocycles. The van der Waals surface area contributed by atoms with Gasteiger partial charge in [-0.3, -0.25) is 0 Å². The minimum absolute atomic E-state index is 1.23. The van der Waals surface area contributed by atoms with Crippen molar-refractivity contribution in [3.63, 3.8) is 0 Å². The number of hydrogen-bond acceptors (Lipinski definition) is 0. The second-order valence-corrected chi connectivity index (χ2v) is 14.5. The Morgan fingerprint density at radius 1 is 0.386 bits per heavy atom. The molecular weight excluding hydrogens is 532 g/mol. The minimum atomic E-state index is 1.23. The maximum absolute atomic E-state index is 2.64. The van der Waals surface area contributed by atoms with Gasteiger partial charge in [0.05, 0.1) is 13.1 Å². The van der Waals surface area contributed by atoms with Crippen LogP contribution < -0.4 is 4.57 Å². The number of aromatic nitrogens is 2. The second-order valence-electron chi connectivity index (χ2n) is 14.5. The lowest BCUT2D eigenvalue weighted by atomic mass is 10.0.